The highest BCUT2D eigenvalue weighted by molar-refractivity contribution is 5.85. The number of benzene rings is 1. The zero-order chi connectivity index (χ0) is 17.9. The maximum Gasteiger partial charge on any atom is 0.234 e. The average molecular weight is 386 g/mol. The van der Waals surface area contributed by atoms with Crippen molar-refractivity contribution in [1.29, 1.82) is 0 Å². The molecule has 1 fully saturated rings. The predicted molar refractivity (Wildman–Crippen MR) is 106 cm³/mol. The lowest BCUT2D eigenvalue weighted by molar-refractivity contribution is -0.123. The SMILES string of the molecule is CCOCCOCc1cccc(CNC(=O)CN2CCNC[C@@H]2C)c1.Cl. The van der Waals surface area contributed by atoms with Crippen LogP contribution in [0.1, 0.15) is 25.0 Å². The molecule has 26 heavy (non-hydrogen) atoms. The maximum absolute atomic E-state index is 12.2. The van der Waals surface area contributed by atoms with Gasteiger partial charge in [0.1, 0.15) is 0 Å². The fourth-order valence-electron chi connectivity index (χ4n) is 2.84. The van der Waals surface area contributed by atoms with Crippen molar-refractivity contribution in [2.24, 2.45) is 0 Å². The molecule has 0 aromatic heterocycles. The highest BCUT2D eigenvalue weighted by atomic mass is 35.5. The Balaban J connectivity index is 0.00000338. The van der Waals surface area contributed by atoms with E-state index in [9.17, 15) is 4.79 Å². The van der Waals surface area contributed by atoms with E-state index in [1.165, 1.54) is 0 Å². The molecule has 1 heterocycles. The fourth-order valence-corrected chi connectivity index (χ4v) is 2.84. The van der Waals surface area contributed by atoms with Gasteiger partial charge in [-0.25, -0.2) is 0 Å². The van der Waals surface area contributed by atoms with E-state index in [1.54, 1.807) is 0 Å². The lowest BCUT2D eigenvalue weighted by Crippen LogP contribution is -2.52. The van der Waals surface area contributed by atoms with Gasteiger partial charge in [-0.2, -0.15) is 0 Å². The number of hydrogen-bond acceptors (Lipinski definition) is 5. The Morgan fingerprint density at radius 1 is 1.31 bits per heavy atom. The molecule has 0 aliphatic carbocycles. The molecule has 2 N–H and O–H groups in total. The van der Waals surface area contributed by atoms with E-state index in [2.05, 4.69) is 28.5 Å². The summed E-state index contributed by atoms with van der Waals surface area (Å²) in [5.41, 5.74) is 2.20. The molecule has 1 saturated heterocycles. The first-order valence-electron chi connectivity index (χ1n) is 9.13. The molecular formula is C19H32ClN3O3. The largest absolute Gasteiger partial charge is 0.379 e. The molecule has 1 aromatic carbocycles. The van der Waals surface area contributed by atoms with Gasteiger partial charge in [-0.15, -0.1) is 12.4 Å². The van der Waals surface area contributed by atoms with Crippen LogP contribution in [0.2, 0.25) is 0 Å². The summed E-state index contributed by atoms with van der Waals surface area (Å²) < 4.78 is 10.8. The average Bonchev–Trinajstić information content (AvgIpc) is 2.62. The molecular weight excluding hydrogens is 354 g/mol. The lowest BCUT2D eigenvalue weighted by Gasteiger charge is -2.33. The molecule has 1 amide bonds. The number of piperazine rings is 1. The fraction of sp³-hybridized carbons (Fsp3) is 0.632. The molecule has 0 bridgehead atoms. The van der Waals surface area contributed by atoms with E-state index in [4.69, 9.17) is 9.47 Å². The third-order valence-corrected chi connectivity index (χ3v) is 4.31. The van der Waals surface area contributed by atoms with Gasteiger partial charge in [0, 0.05) is 38.8 Å². The van der Waals surface area contributed by atoms with E-state index >= 15 is 0 Å². The van der Waals surface area contributed by atoms with Gasteiger partial charge >= 0.3 is 0 Å². The summed E-state index contributed by atoms with van der Waals surface area (Å²) in [5.74, 6) is 0.0760. The standard InChI is InChI=1S/C19H31N3O3.ClH/c1-3-24-9-10-25-15-18-6-4-5-17(11-18)13-21-19(23)14-22-8-7-20-12-16(22)2;/h4-6,11,16,20H,3,7-10,12-15H2,1-2H3,(H,21,23);1H/t16-;/m0./s1. The minimum Gasteiger partial charge on any atom is -0.379 e. The van der Waals surface area contributed by atoms with Crippen molar-refractivity contribution in [2.75, 3.05) is 46.0 Å². The number of amides is 1. The molecule has 6 nitrogen and oxygen atoms in total. The minimum absolute atomic E-state index is 0. The zero-order valence-corrected chi connectivity index (χ0v) is 16.6. The van der Waals surface area contributed by atoms with E-state index in [1.807, 2.05) is 25.1 Å². The lowest BCUT2D eigenvalue weighted by atomic mass is 10.1. The van der Waals surface area contributed by atoms with Gasteiger partial charge in [-0.05, 0) is 25.0 Å². The number of ether oxygens (including phenoxy) is 2. The van der Waals surface area contributed by atoms with Crippen molar-refractivity contribution >= 4 is 18.3 Å². The summed E-state index contributed by atoms with van der Waals surface area (Å²) >= 11 is 0. The first-order chi connectivity index (χ1) is 12.2. The van der Waals surface area contributed by atoms with Crippen LogP contribution in [-0.2, 0) is 27.4 Å². The van der Waals surface area contributed by atoms with Crippen molar-refractivity contribution in [3.63, 3.8) is 0 Å². The molecule has 0 spiro atoms. The number of nitrogens with one attached hydrogen (secondary N) is 2. The van der Waals surface area contributed by atoms with Gasteiger partial charge in [0.2, 0.25) is 5.91 Å². The second-order valence-electron chi connectivity index (χ2n) is 6.37. The van der Waals surface area contributed by atoms with Gasteiger partial charge in [-0.1, -0.05) is 24.3 Å². The van der Waals surface area contributed by atoms with Crippen LogP contribution in [0.3, 0.4) is 0 Å². The molecule has 7 heteroatoms. The van der Waals surface area contributed by atoms with Crippen molar-refractivity contribution in [3.05, 3.63) is 35.4 Å². The van der Waals surface area contributed by atoms with Gasteiger partial charge in [0.05, 0.1) is 26.4 Å². The first-order valence-corrected chi connectivity index (χ1v) is 9.13. The molecule has 0 saturated carbocycles. The molecule has 1 aliphatic heterocycles. The van der Waals surface area contributed by atoms with Crippen LogP contribution in [0.15, 0.2) is 24.3 Å². The molecule has 0 unspecified atom stereocenters. The third-order valence-electron chi connectivity index (χ3n) is 4.31. The van der Waals surface area contributed by atoms with Crippen LogP contribution in [-0.4, -0.2) is 62.8 Å². The number of halogens is 1. The van der Waals surface area contributed by atoms with Crippen LogP contribution in [0.5, 0.6) is 0 Å². The number of hydrogen-bond donors (Lipinski definition) is 2. The summed E-state index contributed by atoms with van der Waals surface area (Å²) in [6.45, 7) is 10.4. The van der Waals surface area contributed by atoms with Gasteiger partial charge in [0.25, 0.3) is 0 Å². The summed E-state index contributed by atoms with van der Waals surface area (Å²) in [4.78, 5) is 14.4. The van der Waals surface area contributed by atoms with E-state index in [0.717, 1.165) is 30.8 Å². The Hall–Kier alpha value is -1.18. The molecule has 148 valence electrons. The van der Waals surface area contributed by atoms with E-state index in [0.29, 0.717) is 45.6 Å². The molecule has 2 rings (SSSR count). The van der Waals surface area contributed by atoms with Crippen LogP contribution < -0.4 is 10.6 Å². The Bertz CT molecular complexity index is 531. The van der Waals surface area contributed by atoms with Gasteiger partial charge in [0.15, 0.2) is 0 Å². The Kier molecular flexibility index (Phi) is 11.5. The second kappa shape index (κ2) is 13.1. The zero-order valence-electron chi connectivity index (χ0n) is 15.8. The monoisotopic (exact) mass is 385 g/mol. The first kappa shape index (κ1) is 22.9. The topological polar surface area (TPSA) is 62.8 Å². The molecule has 1 aromatic rings. The molecule has 1 atom stereocenters. The van der Waals surface area contributed by atoms with Crippen molar-refractivity contribution in [3.8, 4) is 0 Å². The minimum atomic E-state index is 0. The quantitative estimate of drug-likeness (QED) is 0.599. The van der Waals surface area contributed by atoms with Gasteiger partial charge in [-0.3, -0.25) is 9.69 Å². The highest BCUT2D eigenvalue weighted by Crippen LogP contribution is 2.07. The summed E-state index contributed by atoms with van der Waals surface area (Å²) in [7, 11) is 0. The number of carbonyl (C=O) groups excluding carboxylic acids is 1. The maximum atomic E-state index is 12.2. The van der Waals surface area contributed by atoms with Crippen LogP contribution in [0.25, 0.3) is 0 Å². The van der Waals surface area contributed by atoms with Crippen LogP contribution >= 0.6 is 12.4 Å². The second-order valence-corrected chi connectivity index (χ2v) is 6.37. The smallest absolute Gasteiger partial charge is 0.234 e. The highest BCUT2D eigenvalue weighted by Gasteiger charge is 2.19. The molecule has 0 radical (unpaired) electrons. The van der Waals surface area contributed by atoms with Crippen LogP contribution in [0.4, 0.5) is 0 Å². The predicted octanol–water partition coefficient (Wildman–Crippen LogP) is 1.57. The van der Waals surface area contributed by atoms with Crippen LogP contribution in [0, 0.1) is 0 Å². The van der Waals surface area contributed by atoms with Crippen molar-refractivity contribution in [1.82, 2.24) is 15.5 Å². The van der Waals surface area contributed by atoms with Gasteiger partial charge < -0.3 is 20.1 Å². The third kappa shape index (κ3) is 8.47. The van der Waals surface area contributed by atoms with Crippen molar-refractivity contribution in [2.45, 2.75) is 33.0 Å². The van der Waals surface area contributed by atoms with Crippen molar-refractivity contribution < 1.29 is 14.3 Å². The normalized spacial score (nSPS) is 17.5. The summed E-state index contributed by atoms with van der Waals surface area (Å²) in [6, 6.07) is 8.54. The number of nitrogens with zero attached hydrogens (tertiary/aromatic N) is 1. The Morgan fingerprint density at radius 3 is 2.85 bits per heavy atom. The summed E-state index contributed by atoms with van der Waals surface area (Å²) in [6.07, 6.45) is 0. The number of rotatable bonds is 10. The number of carbonyl (C=O) groups is 1. The summed E-state index contributed by atoms with van der Waals surface area (Å²) in [5, 5.41) is 6.35. The van der Waals surface area contributed by atoms with E-state index < -0.39 is 0 Å². The van der Waals surface area contributed by atoms with E-state index in [-0.39, 0.29) is 18.3 Å². The molecule has 1 aliphatic rings. The Labute approximate surface area is 163 Å². The Morgan fingerprint density at radius 2 is 2.08 bits per heavy atom.